The lowest BCUT2D eigenvalue weighted by molar-refractivity contribution is 0.793. The van der Waals surface area contributed by atoms with E-state index in [1.807, 2.05) is 0 Å². The van der Waals surface area contributed by atoms with Crippen LogP contribution in [0.25, 0.3) is 0 Å². The second kappa shape index (κ2) is 5.98. The molecule has 98 valence electrons. The third-order valence-electron chi connectivity index (χ3n) is 3.89. The normalized spacial score (nSPS) is 24.6. The molecule has 2 nitrogen and oxygen atoms in total. The monoisotopic (exact) mass is 262 g/mol. The Morgan fingerprint density at radius 2 is 1.83 bits per heavy atom. The predicted octanol–water partition coefficient (Wildman–Crippen LogP) is 3.50. The van der Waals surface area contributed by atoms with Gasteiger partial charge in [0.15, 0.2) is 0 Å². The van der Waals surface area contributed by atoms with E-state index in [1.54, 1.807) is 0 Å². The van der Waals surface area contributed by atoms with Gasteiger partial charge >= 0.3 is 0 Å². The first kappa shape index (κ1) is 12.4. The van der Waals surface area contributed by atoms with Crippen molar-refractivity contribution >= 4 is 17.4 Å². The summed E-state index contributed by atoms with van der Waals surface area (Å²) in [5.41, 5.74) is 1.26. The van der Waals surface area contributed by atoms with Gasteiger partial charge in [-0.1, -0.05) is 12.8 Å². The summed E-state index contributed by atoms with van der Waals surface area (Å²) in [5.74, 6) is 0. The number of benzene rings is 1. The summed E-state index contributed by atoms with van der Waals surface area (Å²) in [6.07, 6.45) is 6.88. The lowest BCUT2D eigenvalue weighted by atomic mass is 10.2. The molecule has 1 aromatic carbocycles. The van der Waals surface area contributed by atoms with Crippen molar-refractivity contribution in [3.63, 3.8) is 0 Å². The fourth-order valence-electron chi connectivity index (χ4n) is 2.84. The summed E-state index contributed by atoms with van der Waals surface area (Å²) < 4.78 is 0. The molecule has 3 heteroatoms. The number of nitrogens with one attached hydrogen (secondary N) is 2. The highest BCUT2D eigenvalue weighted by Gasteiger charge is 2.16. The predicted molar refractivity (Wildman–Crippen MR) is 79.5 cm³/mol. The standard InChI is InChI=1S/C15H22N2S/c1-2-4-14(3-1)18-15-7-5-12(6-8-15)17-13-9-10-16-11-13/h5-8,13-14,16-17H,1-4,9-11H2. The number of hydrogen-bond acceptors (Lipinski definition) is 3. The molecule has 1 saturated heterocycles. The van der Waals surface area contributed by atoms with E-state index in [9.17, 15) is 0 Å². The van der Waals surface area contributed by atoms with Gasteiger partial charge in [-0.05, 0) is 50.1 Å². The number of hydrogen-bond donors (Lipinski definition) is 2. The van der Waals surface area contributed by atoms with Crippen LogP contribution in [0.2, 0.25) is 0 Å². The molecule has 1 aromatic rings. The molecule has 0 spiro atoms. The Labute approximate surface area is 114 Å². The average molecular weight is 262 g/mol. The molecule has 1 saturated carbocycles. The van der Waals surface area contributed by atoms with E-state index in [0.717, 1.165) is 18.3 Å². The van der Waals surface area contributed by atoms with E-state index >= 15 is 0 Å². The van der Waals surface area contributed by atoms with Crippen molar-refractivity contribution < 1.29 is 0 Å². The van der Waals surface area contributed by atoms with E-state index < -0.39 is 0 Å². The maximum atomic E-state index is 3.59. The highest BCUT2D eigenvalue weighted by Crippen LogP contribution is 2.35. The average Bonchev–Trinajstić information content (AvgIpc) is 3.05. The molecule has 1 aliphatic carbocycles. The zero-order valence-electron chi connectivity index (χ0n) is 10.8. The highest BCUT2D eigenvalue weighted by molar-refractivity contribution is 8.00. The second-order valence-corrected chi connectivity index (χ2v) is 6.76. The van der Waals surface area contributed by atoms with Crippen molar-refractivity contribution in [2.24, 2.45) is 0 Å². The third-order valence-corrected chi connectivity index (χ3v) is 5.24. The Hall–Kier alpha value is -0.670. The Bertz CT molecular complexity index is 328. The van der Waals surface area contributed by atoms with Gasteiger partial charge in [0.25, 0.3) is 0 Å². The molecule has 0 aromatic heterocycles. The molecule has 2 N–H and O–H groups in total. The lowest BCUT2D eigenvalue weighted by Gasteiger charge is -2.14. The van der Waals surface area contributed by atoms with Gasteiger partial charge in [0.1, 0.15) is 0 Å². The first-order chi connectivity index (χ1) is 8.90. The molecule has 1 atom stereocenters. The Morgan fingerprint density at radius 3 is 2.50 bits per heavy atom. The van der Waals surface area contributed by atoms with Gasteiger partial charge in [-0.25, -0.2) is 0 Å². The Balaban J connectivity index is 1.54. The topological polar surface area (TPSA) is 24.1 Å². The van der Waals surface area contributed by atoms with Gasteiger partial charge < -0.3 is 10.6 Å². The van der Waals surface area contributed by atoms with Gasteiger partial charge in [-0.3, -0.25) is 0 Å². The van der Waals surface area contributed by atoms with Crippen LogP contribution in [0.5, 0.6) is 0 Å². The van der Waals surface area contributed by atoms with Crippen molar-refractivity contribution in [3.8, 4) is 0 Å². The molecular weight excluding hydrogens is 240 g/mol. The fourth-order valence-corrected chi connectivity index (χ4v) is 4.09. The van der Waals surface area contributed by atoms with Crippen LogP contribution in [0.15, 0.2) is 29.2 Å². The first-order valence-corrected chi connectivity index (χ1v) is 8.02. The summed E-state index contributed by atoms with van der Waals surface area (Å²) in [6, 6.07) is 9.62. The summed E-state index contributed by atoms with van der Waals surface area (Å²) >= 11 is 2.06. The van der Waals surface area contributed by atoms with Crippen LogP contribution >= 0.6 is 11.8 Å². The second-order valence-electron chi connectivity index (χ2n) is 5.38. The zero-order valence-corrected chi connectivity index (χ0v) is 11.6. The molecule has 2 fully saturated rings. The minimum Gasteiger partial charge on any atom is -0.381 e. The summed E-state index contributed by atoms with van der Waals surface area (Å²) in [7, 11) is 0. The molecule has 18 heavy (non-hydrogen) atoms. The molecule has 1 unspecified atom stereocenters. The Kier molecular flexibility index (Phi) is 4.11. The fraction of sp³-hybridized carbons (Fsp3) is 0.600. The summed E-state index contributed by atoms with van der Waals surface area (Å²) in [4.78, 5) is 1.43. The van der Waals surface area contributed by atoms with Crippen molar-refractivity contribution in [3.05, 3.63) is 24.3 Å². The molecule has 1 heterocycles. The molecule has 0 amide bonds. The summed E-state index contributed by atoms with van der Waals surface area (Å²) in [6.45, 7) is 2.24. The van der Waals surface area contributed by atoms with Crippen molar-refractivity contribution in [1.82, 2.24) is 5.32 Å². The van der Waals surface area contributed by atoms with Gasteiger partial charge in [0.2, 0.25) is 0 Å². The molecule has 0 bridgehead atoms. The molecule has 2 aliphatic rings. The highest BCUT2D eigenvalue weighted by atomic mass is 32.2. The van der Waals surface area contributed by atoms with Gasteiger partial charge in [0, 0.05) is 28.4 Å². The van der Waals surface area contributed by atoms with E-state index in [0.29, 0.717) is 6.04 Å². The number of anilines is 1. The van der Waals surface area contributed by atoms with Gasteiger partial charge in [-0.2, -0.15) is 0 Å². The third kappa shape index (κ3) is 3.21. The maximum Gasteiger partial charge on any atom is 0.0398 e. The van der Waals surface area contributed by atoms with Gasteiger partial charge in [0.05, 0.1) is 0 Å². The van der Waals surface area contributed by atoms with Crippen LogP contribution in [0.1, 0.15) is 32.1 Å². The van der Waals surface area contributed by atoms with Crippen LogP contribution < -0.4 is 10.6 Å². The van der Waals surface area contributed by atoms with Crippen LogP contribution in [0.3, 0.4) is 0 Å². The van der Waals surface area contributed by atoms with Crippen LogP contribution in [-0.2, 0) is 0 Å². The maximum absolute atomic E-state index is 3.59. The summed E-state index contributed by atoms with van der Waals surface area (Å²) in [5, 5.41) is 7.84. The van der Waals surface area contributed by atoms with E-state index in [2.05, 4.69) is 46.7 Å². The first-order valence-electron chi connectivity index (χ1n) is 7.14. The van der Waals surface area contributed by atoms with Crippen molar-refractivity contribution in [2.75, 3.05) is 18.4 Å². The Morgan fingerprint density at radius 1 is 1.06 bits per heavy atom. The lowest BCUT2D eigenvalue weighted by Crippen LogP contribution is -2.21. The van der Waals surface area contributed by atoms with Gasteiger partial charge in [-0.15, -0.1) is 11.8 Å². The minimum absolute atomic E-state index is 0.610. The quantitative estimate of drug-likeness (QED) is 0.868. The van der Waals surface area contributed by atoms with E-state index in [1.165, 1.54) is 42.7 Å². The number of rotatable bonds is 4. The smallest absolute Gasteiger partial charge is 0.0398 e. The zero-order chi connectivity index (χ0) is 12.2. The van der Waals surface area contributed by atoms with Crippen LogP contribution in [0, 0.1) is 0 Å². The van der Waals surface area contributed by atoms with Crippen LogP contribution in [-0.4, -0.2) is 24.4 Å². The van der Waals surface area contributed by atoms with Crippen LogP contribution in [0.4, 0.5) is 5.69 Å². The SMILES string of the molecule is c1cc(SC2CCCC2)ccc1NC1CCNC1. The number of thioether (sulfide) groups is 1. The molecule has 3 rings (SSSR count). The largest absolute Gasteiger partial charge is 0.381 e. The van der Waals surface area contributed by atoms with Crippen molar-refractivity contribution in [2.45, 2.75) is 48.3 Å². The molecule has 0 radical (unpaired) electrons. The van der Waals surface area contributed by atoms with Crippen molar-refractivity contribution in [1.29, 1.82) is 0 Å². The van der Waals surface area contributed by atoms with E-state index in [4.69, 9.17) is 0 Å². The molecular formula is C15H22N2S. The van der Waals surface area contributed by atoms with E-state index in [-0.39, 0.29) is 0 Å². The molecule has 1 aliphatic heterocycles. The minimum atomic E-state index is 0.610.